The van der Waals surface area contributed by atoms with Gasteiger partial charge in [-0.15, -0.1) is 0 Å². The van der Waals surface area contributed by atoms with E-state index >= 15 is 0 Å². The summed E-state index contributed by atoms with van der Waals surface area (Å²) in [6.45, 7) is -0.0377. The smallest absolute Gasteiger partial charge is 0.308 e. The number of carboxylic acids is 1. The highest BCUT2D eigenvalue weighted by Crippen LogP contribution is 2.21. The highest BCUT2D eigenvalue weighted by atomic mass is 19.1. The number of nitrogens with zero attached hydrogens (tertiary/aromatic N) is 1. The Hall–Kier alpha value is -2.44. The molecular formula is C14H15FN2O4. The van der Waals surface area contributed by atoms with E-state index in [9.17, 15) is 18.8 Å². The van der Waals surface area contributed by atoms with E-state index in [4.69, 9.17) is 10.8 Å². The van der Waals surface area contributed by atoms with Gasteiger partial charge >= 0.3 is 5.97 Å². The minimum Gasteiger partial charge on any atom is -0.481 e. The molecule has 1 aliphatic heterocycles. The van der Waals surface area contributed by atoms with Crippen molar-refractivity contribution in [3.63, 3.8) is 0 Å². The summed E-state index contributed by atoms with van der Waals surface area (Å²) >= 11 is 0. The first-order valence-electron chi connectivity index (χ1n) is 6.47. The number of halogens is 1. The topological polar surface area (TPSA) is 101 Å². The molecule has 1 unspecified atom stereocenters. The summed E-state index contributed by atoms with van der Waals surface area (Å²) in [5, 5.41) is 9.01. The molecule has 2 amide bonds. The normalized spacial score (nSPS) is 18.6. The van der Waals surface area contributed by atoms with Gasteiger partial charge in [0.05, 0.1) is 5.92 Å². The first kappa shape index (κ1) is 15.0. The number of primary amides is 1. The number of piperidine rings is 1. The molecule has 1 aliphatic rings. The van der Waals surface area contributed by atoms with E-state index < -0.39 is 23.6 Å². The Balaban J connectivity index is 2.19. The van der Waals surface area contributed by atoms with E-state index in [-0.39, 0.29) is 43.0 Å². The quantitative estimate of drug-likeness (QED) is 0.855. The second-order valence-electron chi connectivity index (χ2n) is 5.02. The number of hydrogen-bond acceptors (Lipinski definition) is 3. The zero-order valence-electron chi connectivity index (χ0n) is 11.2. The van der Waals surface area contributed by atoms with Crippen LogP contribution < -0.4 is 5.73 Å². The molecule has 112 valence electrons. The molecule has 0 spiro atoms. The third kappa shape index (κ3) is 3.36. The average Bonchev–Trinajstić information content (AvgIpc) is 2.43. The lowest BCUT2D eigenvalue weighted by Crippen LogP contribution is -2.42. The van der Waals surface area contributed by atoms with Crippen molar-refractivity contribution in [2.45, 2.75) is 19.4 Å². The Morgan fingerprint density at radius 3 is 2.76 bits per heavy atom. The van der Waals surface area contributed by atoms with Gasteiger partial charge in [-0.05, 0) is 24.6 Å². The molecular weight excluding hydrogens is 279 g/mol. The van der Waals surface area contributed by atoms with Crippen LogP contribution in [0.3, 0.4) is 0 Å². The second kappa shape index (κ2) is 5.90. The van der Waals surface area contributed by atoms with Gasteiger partial charge in [-0.3, -0.25) is 14.4 Å². The van der Waals surface area contributed by atoms with Crippen molar-refractivity contribution < 1.29 is 23.9 Å². The largest absolute Gasteiger partial charge is 0.481 e. The monoisotopic (exact) mass is 294 g/mol. The number of likely N-dealkylation sites (tertiary alicyclic amines) is 1. The standard InChI is InChI=1S/C14H15FN2O4/c15-11-3-1-8(13(16)19)5-10(11)7-17-6-9(14(20)21)2-4-12(17)18/h1,3,5,9H,2,4,6-7H2,(H2,16,19)(H,20,21). The van der Waals surface area contributed by atoms with Gasteiger partial charge in [-0.25, -0.2) is 4.39 Å². The fraction of sp³-hybridized carbons (Fsp3) is 0.357. The number of amides is 2. The molecule has 1 aromatic rings. The van der Waals surface area contributed by atoms with Crippen LogP contribution in [0.15, 0.2) is 18.2 Å². The molecule has 7 heteroatoms. The molecule has 21 heavy (non-hydrogen) atoms. The number of carbonyl (C=O) groups excluding carboxylic acids is 2. The van der Waals surface area contributed by atoms with Gasteiger partial charge in [0, 0.05) is 30.6 Å². The number of carbonyl (C=O) groups is 3. The maximum atomic E-state index is 13.8. The van der Waals surface area contributed by atoms with E-state index in [1.807, 2.05) is 0 Å². The molecule has 1 aromatic carbocycles. The van der Waals surface area contributed by atoms with Crippen LogP contribution in [0.1, 0.15) is 28.8 Å². The van der Waals surface area contributed by atoms with Crippen LogP contribution in [0.5, 0.6) is 0 Å². The van der Waals surface area contributed by atoms with E-state index in [2.05, 4.69) is 0 Å². The fourth-order valence-corrected chi connectivity index (χ4v) is 2.32. The van der Waals surface area contributed by atoms with Crippen LogP contribution in [0.4, 0.5) is 4.39 Å². The summed E-state index contributed by atoms with van der Waals surface area (Å²) in [5.41, 5.74) is 5.42. The fourth-order valence-electron chi connectivity index (χ4n) is 2.32. The lowest BCUT2D eigenvalue weighted by Gasteiger charge is -2.30. The van der Waals surface area contributed by atoms with Crippen LogP contribution in [0.2, 0.25) is 0 Å². The van der Waals surface area contributed by atoms with Crippen molar-refractivity contribution in [1.29, 1.82) is 0 Å². The number of nitrogens with two attached hydrogens (primary N) is 1. The van der Waals surface area contributed by atoms with Crippen LogP contribution in [0.25, 0.3) is 0 Å². The maximum Gasteiger partial charge on any atom is 0.308 e. The molecule has 1 fully saturated rings. The maximum absolute atomic E-state index is 13.8. The van der Waals surface area contributed by atoms with Crippen molar-refractivity contribution in [2.24, 2.45) is 11.7 Å². The molecule has 0 aliphatic carbocycles. The Kier molecular flexibility index (Phi) is 4.21. The van der Waals surface area contributed by atoms with Crippen LogP contribution in [-0.2, 0) is 16.1 Å². The molecule has 1 heterocycles. The van der Waals surface area contributed by atoms with Crippen LogP contribution in [0, 0.1) is 11.7 Å². The summed E-state index contributed by atoms with van der Waals surface area (Å²) in [5.74, 6) is -3.10. The zero-order valence-corrected chi connectivity index (χ0v) is 11.2. The summed E-state index contributed by atoms with van der Waals surface area (Å²) in [7, 11) is 0. The van der Waals surface area contributed by atoms with Crippen molar-refractivity contribution >= 4 is 17.8 Å². The number of carboxylic acid groups (broad SMARTS) is 1. The highest BCUT2D eigenvalue weighted by Gasteiger charge is 2.30. The SMILES string of the molecule is NC(=O)c1ccc(F)c(CN2CC(C(=O)O)CCC2=O)c1. The van der Waals surface area contributed by atoms with E-state index in [0.29, 0.717) is 0 Å². The first-order chi connectivity index (χ1) is 9.88. The molecule has 2 rings (SSSR count). The van der Waals surface area contributed by atoms with Crippen molar-refractivity contribution in [3.05, 3.63) is 35.1 Å². The van der Waals surface area contributed by atoms with Gasteiger partial charge in [0.25, 0.3) is 0 Å². The third-order valence-corrected chi connectivity index (χ3v) is 3.54. The predicted molar refractivity (Wildman–Crippen MR) is 70.7 cm³/mol. The van der Waals surface area contributed by atoms with E-state index in [1.54, 1.807) is 0 Å². The lowest BCUT2D eigenvalue weighted by molar-refractivity contribution is -0.147. The molecule has 1 atom stereocenters. The molecule has 0 aromatic heterocycles. The summed E-state index contributed by atoms with van der Waals surface area (Å²) in [4.78, 5) is 35.2. The lowest BCUT2D eigenvalue weighted by atomic mass is 9.97. The third-order valence-electron chi connectivity index (χ3n) is 3.54. The van der Waals surface area contributed by atoms with Gasteiger partial charge in [-0.1, -0.05) is 0 Å². The minimum atomic E-state index is -0.973. The van der Waals surface area contributed by atoms with Crippen molar-refractivity contribution in [2.75, 3.05) is 6.54 Å². The molecule has 6 nitrogen and oxygen atoms in total. The van der Waals surface area contributed by atoms with Gasteiger partial charge < -0.3 is 15.7 Å². The Labute approximate surface area is 120 Å². The Morgan fingerprint density at radius 1 is 1.43 bits per heavy atom. The summed E-state index contributed by atoms with van der Waals surface area (Å²) < 4.78 is 13.8. The van der Waals surface area contributed by atoms with Gasteiger partial charge in [-0.2, -0.15) is 0 Å². The number of hydrogen-bond donors (Lipinski definition) is 2. The Morgan fingerprint density at radius 2 is 2.14 bits per heavy atom. The molecule has 0 saturated carbocycles. The predicted octanol–water partition coefficient (Wildman–Crippen LogP) is 0.748. The molecule has 0 bridgehead atoms. The van der Waals surface area contributed by atoms with E-state index in [0.717, 1.165) is 6.07 Å². The molecule has 1 saturated heterocycles. The zero-order chi connectivity index (χ0) is 15.6. The van der Waals surface area contributed by atoms with Crippen molar-refractivity contribution in [3.8, 4) is 0 Å². The summed E-state index contributed by atoms with van der Waals surface area (Å²) in [6, 6.07) is 3.66. The first-order valence-corrected chi connectivity index (χ1v) is 6.47. The number of benzene rings is 1. The van der Waals surface area contributed by atoms with Gasteiger partial charge in [0.15, 0.2) is 0 Å². The van der Waals surface area contributed by atoms with Gasteiger partial charge in [0.2, 0.25) is 11.8 Å². The van der Waals surface area contributed by atoms with Crippen LogP contribution in [-0.4, -0.2) is 34.3 Å². The number of rotatable bonds is 4. The second-order valence-corrected chi connectivity index (χ2v) is 5.02. The molecule has 3 N–H and O–H groups in total. The van der Waals surface area contributed by atoms with Gasteiger partial charge in [0.1, 0.15) is 5.82 Å². The number of aliphatic carboxylic acids is 1. The summed E-state index contributed by atoms with van der Waals surface area (Å²) in [6.07, 6.45) is 0.405. The van der Waals surface area contributed by atoms with E-state index in [1.165, 1.54) is 17.0 Å². The highest BCUT2D eigenvalue weighted by molar-refractivity contribution is 5.93. The van der Waals surface area contributed by atoms with Crippen molar-refractivity contribution in [1.82, 2.24) is 4.90 Å². The van der Waals surface area contributed by atoms with Crippen LogP contribution >= 0.6 is 0 Å². The minimum absolute atomic E-state index is 0.0361. The average molecular weight is 294 g/mol. The Bertz CT molecular complexity index is 603. The molecule has 0 radical (unpaired) electrons.